The van der Waals surface area contributed by atoms with Crippen molar-refractivity contribution >= 4 is 16.8 Å². The van der Waals surface area contributed by atoms with Gasteiger partial charge in [-0.05, 0) is 36.1 Å². The number of hydrogen-bond acceptors (Lipinski definition) is 2. The highest BCUT2D eigenvalue weighted by molar-refractivity contribution is 5.86. The van der Waals surface area contributed by atoms with E-state index in [1.807, 2.05) is 49.6 Å². The number of aryl methyl sites for hydroxylation is 1. The molecule has 4 nitrogen and oxygen atoms in total. The summed E-state index contributed by atoms with van der Waals surface area (Å²) in [7, 11) is 1.81. The smallest absolute Gasteiger partial charge is 0.239 e. The molecule has 3 aromatic rings. The molecule has 1 heterocycles. The van der Waals surface area contributed by atoms with Gasteiger partial charge >= 0.3 is 0 Å². The van der Waals surface area contributed by atoms with Gasteiger partial charge in [-0.2, -0.15) is 0 Å². The van der Waals surface area contributed by atoms with E-state index in [-0.39, 0.29) is 5.91 Å². The van der Waals surface area contributed by atoms with Gasteiger partial charge in [0.05, 0.1) is 6.04 Å². The maximum atomic E-state index is 12.6. The third-order valence-electron chi connectivity index (χ3n) is 4.48. The van der Waals surface area contributed by atoms with E-state index in [1.165, 1.54) is 5.56 Å². The Bertz CT molecular complexity index is 853. The molecule has 2 aromatic carbocycles. The summed E-state index contributed by atoms with van der Waals surface area (Å²) in [4.78, 5) is 17.6. The first kappa shape index (κ1) is 16.3. The van der Waals surface area contributed by atoms with Crippen LogP contribution in [0.4, 0.5) is 0 Å². The van der Waals surface area contributed by atoms with Gasteiger partial charge in [-0.1, -0.05) is 42.5 Å². The summed E-state index contributed by atoms with van der Waals surface area (Å²) in [6.07, 6.45) is 2.47. The molecule has 24 heavy (non-hydrogen) atoms. The number of rotatable bonds is 5. The number of hydrogen-bond donors (Lipinski definition) is 2. The second-order valence-corrected chi connectivity index (χ2v) is 6.29. The zero-order chi connectivity index (χ0) is 17.1. The first-order valence-electron chi connectivity index (χ1n) is 8.16. The summed E-state index contributed by atoms with van der Waals surface area (Å²) in [6.45, 7) is 2.63. The molecule has 0 fully saturated rings. The van der Waals surface area contributed by atoms with Gasteiger partial charge in [0, 0.05) is 30.7 Å². The van der Waals surface area contributed by atoms with Crippen LogP contribution in [-0.2, 0) is 17.8 Å². The third kappa shape index (κ3) is 3.34. The normalized spacial score (nSPS) is 12.3. The van der Waals surface area contributed by atoms with Crippen LogP contribution in [0, 0.1) is 6.92 Å². The first-order valence-corrected chi connectivity index (χ1v) is 8.16. The predicted molar refractivity (Wildman–Crippen MR) is 97.6 cm³/mol. The third-order valence-corrected chi connectivity index (χ3v) is 4.48. The lowest BCUT2D eigenvalue weighted by Gasteiger charge is -2.22. The lowest BCUT2D eigenvalue weighted by atomic mass is 10.0. The largest absolute Gasteiger partial charge is 0.361 e. The SMILES string of the molecule is Cc1ccccc1CN(C)C(=O)[C@@H](N)Cc1c[nH]c2ccccc12. The Labute approximate surface area is 142 Å². The fourth-order valence-corrected chi connectivity index (χ4v) is 3.03. The second-order valence-electron chi connectivity index (χ2n) is 6.29. The number of nitrogens with zero attached hydrogens (tertiary/aromatic N) is 1. The molecule has 3 rings (SSSR count). The standard InChI is InChI=1S/C20H23N3O/c1-14-7-3-4-8-15(14)13-23(2)20(24)18(21)11-16-12-22-19-10-6-5-9-17(16)19/h3-10,12,18,22H,11,13,21H2,1-2H3/t18-/m0/s1. The number of aromatic nitrogens is 1. The number of para-hydroxylation sites is 1. The van der Waals surface area contributed by atoms with Crippen LogP contribution >= 0.6 is 0 Å². The minimum Gasteiger partial charge on any atom is -0.361 e. The van der Waals surface area contributed by atoms with Crippen molar-refractivity contribution in [2.45, 2.75) is 25.9 Å². The number of aromatic amines is 1. The Hall–Kier alpha value is -2.59. The molecule has 0 radical (unpaired) electrons. The zero-order valence-electron chi connectivity index (χ0n) is 14.1. The molecule has 1 atom stereocenters. The minimum absolute atomic E-state index is 0.0384. The van der Waals surface area contributed by atoms with E-state index in [1.54, 1.807) is 4.90 Å². The Morgan fingerprint density at radius 2 is 1.83 bits per heavy atom. The molecule has 124 valence electrons. The molecule has 0 spiro atoms. The van der Waals surface area contributed by atoms with Crippen LogP contribution in [0.15, 0.2) is 54.7 Å². The molecule has 0 unspecified atom stereocenters. The van der Waals surface area contributed by atoms with Crippen LogP contribution in [-0.4, -0.2) is 28.9 Å². The van der Waals surface area contributed by atoms with E-state index in [0.29, 0.717) is 13.0 Å². The van der Waals surface area contributed by atoms with Gasteiger partial charge in [0.1, 0.15) is 0 Å². The molecule has 0 aliphatic carbocycles. The highest BCUT2D eigenvalue weighted by Gasteiger charge is 2.20. The number of fused-ring (bicyclic) bond motifs is 1. The van der Waals surface area contributed by atoms with Gasteiger partial charge in [0.25, 0.3) is 0 Å². The highest BCUT2D eigenvalue weighted by atomic mass is 16.2. The van der Waals surface area contributed by atoms with E-state index in [0.717, 1.165) is 22.0 Å². The quantitative estimate of drug-likeness (QED) is 0.759. The average molecular weight is 321 g/mol. The molecule has 1 aromatic heterocycles. The zero-order valence-corrected chi connectivity index (χ0v) is 14.1. The molecule has 0 aliphatic heterocycles. The summed E-state index contributed by atoms with van der Waals surface area (Å²) < 4.78 is 0. The summed E-state index contributed by atoms with van der Waals surface area (Å²) in [5, 5.41) is 1.13. The number of nitrogens with one attached hydrogen (secondary N) is 1. The van der Waals surface area contributed by atoms with Crippen molar-refractivity contribution in [3.63, 3.8) is 0 Å². The van der Waals surface area contributed by atoms with Crippen LogP contribution in [0.25, 0.3) is 10.9 Å². The Kier molecular flexibility index (Phi) is 4.67. The summed E-state index contributed by atoms with van der Waals surface area (Å²) in [5.74, 6) is -0.0384. The first-order chi connectivity index (χ1) is 11.6. The van der Waals surface area contributed by atoms with Gasteiger partial charge in [-0.15, -0.1) is 0 Å². The molecule has 1 amide bonds. The molecular weight excluding hydrogens is 298 g/mol. The maximum absolute atomic E-state index is 12.6. The van der Waals surface area contributed by atoms with Crippen molar-refractivity contribution in [3.8, 4) is 0 Å². The number of H-pyrrole nitrogens is 1. The van der Waals surface area contributed by atoms with E-state index in [9.17, 15) is 4.79 Å². The minimum atomic E-state index is -0.543. The number of benzene rings is 2. The van der Waals surface area contributed by atoms with Crippen LogP contribution < -0.4 is 5.73 Å². The molecule has 0 saturated heterocycles. The van der Waals surface area contributed by atoms with Crippen molar-refractivity contribution in [2.75, 3.05) is 7.05 Å². The Morgan fingerprint density at radius 3 is 2.62 bits per heavy atom. The van der Waals surface area contributed by atoms with Gasteiger partial charge in [0.15, 0.2) is 0 Å². The number of nitrogens with two attached hydrogens (primary N) is 1. The van der Waals surface area contributed by atoms with Crippen molar-refractivity contribution in [1.29, 1.82) is 0 Å². The fourth-order valence-electron chi connectivity index (χ4n) is 3.03. The Balaban J connectivity index is 1.69. The molecule has 0 saturated carbocycles. The van der Waals surface area contributed by atoms with E-state index >= 15 is 0 Å². The number of likely N-dealkylation sites (N-methyl/N-ethyl adjacent to an activating group) is 1. The second kappa shape index (κ2) is 6.89. The monoisotopic (exact) mass is 321 g/mol. The molecular formula is C20H23N3O. The lowest BCUT2D eigenvalue weighted by Crippen LogP contribution is -2.42. The molecule has 0 aliphatic rings. The predicted octanol–water partition coefficient (Wildman–Crippen LogP) is 3.00. The topological polar surface area (TPSA) is 62.1 Å². The summed E-state index contributed by atoms with van der Waals surface area (Å²) in [6, 6.07) is 15.6. The highest BCUT2D eigenvalue weighted by Crippen LogP contribution is 2.19. The van der Waals surface area contributed by atoms with Gasteiger partial charge in [0.2, 0.25) is 5.91 Å². The summed E-state index contributed by atoms with van der Waals surface area (Å²) in [5.41, 5.74) is 10.7. The van der Waals surface area contributed by atoms with Crippen LogP contribution in [0.2, 0.25) is 0 Å². The lowest BCUT2D eigenvalue weighted by molar-refractivity contribution is -0.131. The van der Waals surface area contributed by atoms with Gasteiger partial charge < -0.3 is 15.6 Å². The van der Waals surface area contributed by atoms with Crippen LogP contribution in [0.5, 0.6) is 0 Å². The van der Waals surface area contributed by atoms with Gasteiger partial charge in [-0.3, -0.25) is 4.79 Å². The van der Waals surface area contributed by atoms with Crippen molar-refractivity contribution in [3.05, 3.63) is 71.4 Å². The average Bonchev–Trinajstić information content (AvgIpc) is 2.99. The van der Waals surface area contributed by atoms with E-state index in [2.05, 4.69) is 24.0 Å². The van der Waals surface area contributed by atoms with E-state index < -0.39 is 6.04 Å². The van der Waals surface area contributed by atoms with Gasteiger partial charge in [-0.25, -0.2) is 0 Å². The molecule has 3 N–H and O–H groups in total. The van der Waals surface area contributed by atoms with E-state index in [4.69, 9.17) is 5.73 Å². The van der Waals surface area contributed by atoms with Crippen molar-refractivity contribution < 1.29 is 4.79 Å². The Morgan fingerprint density at radius 1 is 1.12 bits per heavy atom. The van der Waals surface area contributed by atoms with Crippen LogP contribution in [0.3, 0.4) is 0 Å². The van der Waals surface area contributed by atoms with Crippen LogP contribution in [0.1, 0.15) is 16.7 Å². The summed E-state index contributed by atoms with van der Waals surface area (Å²) >= 11 is 0. The number of carbonyl (C=O) groups excluding carboxylic acids is 1. The fraction of sp³-hybridized carbons (Fsp3) is 0.250. The molecule has 0 bridgehead atoms. The number of amides is 1. The maximum Gasteiger partial charge on any atom is 0.239 e. The van der Waals surface area contributed by atoms with Crippen molar-refractivity contribution in [1.82, 2.24) is 9.88 Å². The number of carbonyl (C=O) groups is 1. The van der Waals surface area contributed by atoms with Crippen molar-refractivity contribution in [2.24, 2.45) is 5.73 Å². The molecule has 4 heteroatoms.